The fraction of sp³-hybridized carbons (Fsp3) is 0.238. The Morgan fingerprint density at radius 3 is 2.68 bits per heavy atom. The molecule has 2 aromatic carbocycles. The molecule has 2 rings (SSSR count). The third kappa shape index (κ3) is 7.03. The zero-order valence-corrected chi connectivity index (χ0v) is 16.0. The third-order valence-electron chi connectivity index (χ3n) is 3.74. The van der Waals surface area contributed by atoms with Crippen molar-refractivity contribution in [1.29, 1.82) is 0 Å². The van der Waals surface area contributed by atoms with E-state index in [1.165, 1.54) is 0 Å². The van der Waals surface area contributed by atoms with E-state index >= 15 is 0 Å². The minimum atomic E-state index is -0.509. The zero-order chi connectivity index (χ0) is 20.2. The first-order valence-electron chi connectivity index (χ1n) is 8.88. The summed E-state index contributed by atoms with van der Waals surface area (Å²) >= 11 is 0. The van der Waals surface area contributed by atoms with E-state index in [1.807, 2.05) is 42.5 Å². The minimum Gasteiger partial charge on any atom is -0.489 e. The van der Waals surface area contributed by atoms with Gasteiger partial charge in [-0.3, -0.25) is 9.79 Å². The van der Waals surface area contributed by atoms with Crippen molar-refractivity contribution in [2.75, 3.05) is 20.3 Å². The summed E-state index contributed by atoms with van der Waals surface area (Å²) in [7, 11) is 1.71. The lowest BCUT2D eigenvalue weighted by Crippen LogP contribution is -2.36. The number of hydrogen-bond acceptors (Lipinski definition) is 4. The SMILES string of the molecule is C=CCOc1ccccc1CNC(=NC)NCc1cccc(OCC(N)=O)c1. The molecule has 0 unspecified atom stereocenters. The van der Waals surface area contributed by atoms with E-state index in [-0.39, 0.29) is 6.61 Å². The van der Waals surface area contributed by atoms with Gasteiger partial charge in [0.05, 0.1) is 0 Å². The van der Waals surface area contributed by atoms with Crippen LogP contribution in [0.25, 0.3) is 0 Å². The molecule has 148 valence electrons. The molecule has 28 heavy (non-hydrogen) atoms. The van der Waals surface area contributed by atoms with Crippen LogP contribution in [-0.4, -0.2) is 32.1 Å². The highest BCUT2D eigenvalue weighted by Gasteiger charge is 2.05. The topological polar surface area (TPSA) is 98.0 Å². The number of rotatable bonds is 10. The van der Waals surface area contributed by atoms with Crippen LogP contribution in [0, 0.1) is 0 Å². The first-order valence-corrected chi connectivity index (χ1v) is 8.88. The lowest BCUT2D eigenvalue weighted by molar-refractivity contribution is -0.119. The van der Waals surface area contributed by atoms with Gasteiger partial charge in [-0.05, 0) is 23.8 Å². The number of carbonyl (C=O) groups excluding carboxylic acids is 1. The van der Waals surface area contributed by atoms with Crippen molar-refractivity contribution < 1.29 is 14.3 Å². The van der Waals surface area contributed by atoms with Crippen molar-refractivity contribution in [2.24, 2.45) is 10.7 Å². The number of nitrogens with zero attached hydrogens (tertiary/aromatic N) is 1. The maximum Gasteiger partial charge on any atom is 0.255 e. The van der Waals surface area contributed by atoms with Gasteiger partial charge in [-0.15, -0.1) is 0 Å². The number of nitrogens with one attached hydrogen (secondary N) is 2. The van der Waals surface area contributed by atoms with Gasteiger partial charge in [-0.25, -0.2) is 0 Å². The van der Waals surface area contributed by atoms with Crippen LogP contribution in [0.1, 0.15) is 11.1 Å². The highest BCUT2D eigenvalue weighted by Crippen LogP contribution is 2.17. The lowest BCUT2D eigenvalue weighted by atomic mass is 10.2. The molecular formula is C21H26N4O3. The lowest BCUT2D eigenvalue weighted by Gasteiger charge is -2.15. The van der Waals surface area contributed by atoms with Gasteiger partial charge in [0.15, 0.2) is 12.6 Å². The third-order valence-corrected chi connectivity index (χ3v) is 3.74. The largest absolute Gasteiger partial charge is 0.489 e. The first kappa shape index (κ1) is 20.8. The molecule has 2 aromatic rings. The molecule has 0 aliphatic rings. The second-order valence-corrected chi connectivity index (χ2v) is 5.89. The van der Waals surface area contributed by atoms with Gasteiger partial charge in [0.1, 0.15) is 18.1 Å². The Kier molecular flexibility index (Phi) is 8.39. The number of primary amides is 1. The van der Waals surface area contributed by atoms with Gasteiger partial charge >= 0.3 is 0 Å². The Labute approximate surface area is 165 Å². The van der Waals surface area contributed by atoms with Crippen molar-refractivity contribution in [3.8, 4) is 11.5 Å². The van der Waals surface area contributed by atoms with Gasteiger partial charge in [0.2, 0.25) is 0 Å². The molecule has 4 N–H and O–H groups in total. The van der Waals surface area contributed by atoms with Crippen molar-refractivity contribution in [3.63, 3.8) is 0 Å². The Bertz CT molecular complexity index is 821. The van der Waals surface area contributed by atoms with Crippen molar-refractivity contribution in [1.82, 2.24) is 10.6 Å². The molecule has 0 atom stereocenters. The monoisotopic (exact) mass is 382 g/mol. The van der Waals surface area contributed by atoms with E-state index < -0.39 is 5.91 Å². The van der Waals surface area contributed by atoms with E-state index in [0.717, 1.165) is 16.9 Å². The predicted octanol–water partition coefficient (Wildman–Crippen LogP) is 1.98. The summed E-state index contributed by atoms with van der Waals surface area (Å²) in [5.41, 5.74) is 7.11. The molecule has 0 radical (unpaired) electrons. The Morgan fingerprint density at radius 2 is 1.93 bits per heavy atom. The molecule has 0 heterocycles. The summed E-state index contributed by atoms with van der Waals surface area (Å²) in [5.74, 6) is 1.55. The number of carbonyl (C=O) groups is 1. The summed E-state index contributed by atoms with van der Waals surface area (Å²) in [6.45, 7) is 5.09. The Balaban J connectivity index is 1.89. The van der Waals surface area contributed by atoms with Gasteiger partial charge in [0, 0.05) is 25.7 Å². The van der Waals surface area contributed by atoms with E-state index in [0.29, 0.717) is 31.4 Å². The van der Waals surface area contributed by atoms with E-state index in [2.05, 4.69) is 22.2 Å². The van der Waals surface area contributed by atoms with E-state index in [9.17, 15) is 4.79 Å². The van der Waals surface area contributed by atoms with Crippen molar-refractivity contribution in [2.45, 2.75) is 13.1 Å². The van der Waals surface area contributed by atoms with Gasteiger partial charge < -0.3 is 25.8 Å². The highest BCUT2D eigenvalue weighted by molar-refractivity contribution is 5.79. The maximum atomic E-state index is 10.8. The molecule has 7 heteroatoms. The molecule has 0 spiro atoms. The average molecular weight is 382 g/mol. The molecule has 0 aromatic heterocycles. The number of amides is 1. The van der Waals surface area contributed by atoms with E-state index in [4.69, 9.17) is 15.2 Å². The van der Waals surface area contributed by atoms with Crippen LogP contribution in [0.3, 0.4) is 0 Å². The Morgan fingerprint density at radius 1 is 1.14 bits per heavy atom. The normalized spacial score (nSPS) is 10.8. The van der Waals surface area contributed by atoms with Crippen LogP contribution in [0.15, 0.2) is 66.2 Å². The summed E-state index contributed by atoms with van der Waals surface area (Å²) in [6, 6.07) is 15.3. The molecule has 7 nitrogen and oxygen atoms in total. The predicted molar refractivity (Wildman–Crippen MR) is 110 cm³/mol. The molecule has 0 saturated carbocycles. The van der Waals surface area contributed by atoms with Gasteiger partial charge in [-0.2, -0.15) is 0 Å². The van der Waals surface area contributed by atoms with Crippen LogP contribution in [0.4, 0.5) is 0 Å². The van der Waals surface area contributed by atoms with Crippen LogP contribution in [0.5, 0.6) is 11.5 Å². The zero-order valence-electron chi connectivity index (χ0n) is 16.0. The standard InChI is InChI=1S/C21H26N4O3/c1-3-11-27-19-10-5-4-8-17(19)14-25-21(23-2)24-13-16-7-6-9-18(12-16)28-15-20(22)26/h3-10,12H,1,11,13-15H2,2H3,(H2,22,26)(H2,23,24,25). The first-order chi connectivity index (χ1) is 13.6. The number of aliphatic imine (C=N–C) groups is 1. The number of ether oxygens (including phenoxy) is 2. The number of benzene rings is 2. The van der Waals surface area contributed by atoms with Crippen LogP contribution < -0.4 is 25.8 Å². The number of guanidine groups is 1. The molecule has 0 bridgehead atoms. The smallest absolute Gasteiger partial charge is 0.255 e. The second-order valence-electron chi connectivity index (χ2n) is 5.89. The average Bonchev–Trinajstić information content (AvgIpc) is 2.72. The second kappa shape index (κ2) is 11.3. The Hall–Kier alpha value is -3.48. The molecule has 0 saturated heterocycles. The summed E-state index contributed by atoms with van der Waals surface area (Å²) in [5, 5.41) is 6.51. The van der Waals surface area contributed by atoms with Gasteiger partial charge in [0.25, 0.3) is 5.91 Å². The van der Waals surface area contributed by atoms with Gasteiger partial charge in [-0.1, -0.05) is 43.0 Å². The minimum absolute atomic E-state index is 0.145. The molecule has 1 amide bonds. The molecule has 0 aliphatic heterocycles. The fourth-order valence-corrected chi connectivity index (χ4v) is 2.42. The van der Waals surface area contributed by atoms with Crippen LogP contribution in [0.2, 0.25) is 0 Å². The number of para-hydroxylation sites is 1. The summed E-state index contributed by atoms with van der Waals surface area (Å²) < 4.78 is 11.0. The molecule has 0 aliphatic carbocycles. The van der Waals surface area contributed by atoms with Crippen LogP contribution in [-0.2, 0) is 17.9 Å². The number of nitrogens with two attached hydrogens (primary N) is 1. The summed E-state index contributed by atoms with van der Waals surface area (Å²) in [4.78, 5) is 15.1. The maximum absolute atomic E-state index is 10.8. The molecular weight excluding hydrogens is 356 g/mol. The summed E-state index contributed by atoms with van der Waals surface area (Å²) in [6.07, 6.45) is 1.71. The van der Waals surface area contributed by atoms with E-state index in [1.54, 1.807) is 19.2 Å². The quantitative estimate of drug-likeness (QED) is 0.332. The number of hydrogen-bond donors (Lipinski definition) is 3. The molecule has 0 fully saturated rings. The van der Waals surface area contributed by atoms with Crippen molar-refractivity contribution in [3.05, 3.63) is 72.3 Å². The van der Waals surface area contributed by atoms with Crippen molar-refractivity contribution >= 4 is 11.9 Å². The fourth-order valence-electron chi connectivity index (χ4n) is 2.42. The van der Waals surface area contributed by atoms with Crippen LogP contribution >= 0.6 is 0 Å². The highest BCUT2D eigenvalue weighted by atomic mass is 16.5.